The summed E-state index contributed by atoms with van der Waals surface area (Å²) < 4.78 is 44.7. The van der Waals surface area contributed by atoms with Crippen LogP contribution in [0.1, 0.15) is 49.3 Å². The first kappa shape index (κ1) is 27.8. The molecule has 8 rings (SSSR count). The van der Waals surface area contributed by atoms with Gasteiger partial charge in [0.25, 0.3) is 0 Å². The molecule has 3 saturated heterocycles. The fourth-order valence-electron chi connectivity index (χ4n) is 7.76. The van der Waals surface area contributed by atoms with Crippen molar-refractivity contribution in [1.82, 2.24) is 25.2 Å². The number of nitrogens with one attached hydrogen (secondary N) is 1. The molecule has 0 spiro atoms. The molecule has 2 bridgehead atoms. The summed E-state index contributed by atoms with van der Waals surface area (Å²) in [5.74, 6) is -0.579. The van der Waals surface area contributed by atoms with E-state index >= 15 is 4.39 Å². The number of hydrogen-bond donors (Lipinski definition) is 2. The Labute approximate surface area is 256 Å². The highest BCUT2D eigenvalue weighted by Gasteiger charge is 2.41. The molecule has 1 aromatic carbocycles. The Kier molecular flexibility index (Phi) is 6.60. The van der Waals surface area contributed by atoms with Crippen LogP contribution in [0.2, 0.25) is 0 Å². The molecule has 2 unspecified atom stereocenters. The molecular formula is C31H32F2N8O2S. The van der Waals surface area contributed by atoms with Crippen LogP contribution in [0.4, 0.5) is 19.6 Å². The number of piperazine rings is 1. The highest BCUT2D eigenvalue weighted by molar-refractivity contribution is 7.23. The van der Waals surface area contributed by atoms with Crippen LogP contribution in [0.3, 0.4) is 0 Å². The Bertz CT molecular complexity index is 1860. The molecular weight excluding hydrogens is 586 g/mol. The number of fused-ring (bicyclic) bond motifs is 6. The monoisotopic (exact) mass is 618 g/mol. The summed E-state index contributed by atoms with van der Waals surface area (Å²) in [5.41, 5.74) is 7.98. The normalized spacial score (nSPS) is 23.9. The Morgan fingerprint density at radius 1 is 1.16 bits per heavy atom. The predicted molar refractivity (Wildman–Crippen MR) is 164 cm³/mol. The van der Waals surface area contributed by atoms with Gasteiger partial charge in [-0.25, -0.2) is 8.78 Å². The highest BCUT2D eigenvalue weighted by atomic mass is 32.1. The molecule has 44 heavy (non-hydrogen) atoms. The maximum absolute atomic E-state index is 17.2. The van der Waals surface area contributed by atoms with Crippen molar-refractivity contribution in [3.63, 3.8) is 0 Å². The summed E-state index contributed by atoms with van der Waals surface area (Å²) in [5, 5.41) is 14.4. The Balaban J connectivity index is 1.39. The zero-order chi connectivity index (χ0) is 30.3. The second kappa shape index (κ2) is 10.4. The van der Waals surface area contributed by atoms with Crippen LogP contribution in [0.25, 0.3) is 32.2 Å². The molecule has 0 aliphatic carbocycles. The van der Waals surface area contributed by atoms with Crippen LogP contribution in [0, 0.1) is 23.0 Å². The fourth-order valence-corrected chi connectivity index (χ4v) is 8.69. The number of benzene rings is 1. The lowest BCUT2D eigenvalue weighted by Gasteiger charge is -2.37. The number of nitrogen functional groups attached to an aromatic ring is 1. The first-order valence-corrected chi connectivity index (χ1v) is 15.9. The maximum Gasteiger partial charge on any atom is 0.319 e. The molecule has 13 heteroatoms. The molecule has 10 nitrogen and oxygen atoms in total. The smallest absolute Gasteiger partial charge is 0.319 e. The summed E-state index contributed by atoms with van der Waals surface area (Å²) in [7, 11) is 2.08. The first-order valence-electron chi connectivity index (χ1n) is 15.1. The van der Waals surface area contributed by atoms with Crippen LogP contribution in [0.15, 0.2) is 6.20 Å². The van der Waals surface area contributed by atoms with E-state index in [0.717, 1.165) is 68.4 Å². The predicted octanol–water partition coefficient (Wildman–Crippen LogP) is 4.47. The molecule has 0 radical (unpaired) electrons. The average molecular weight is 619 g/mol. The lowest BCUT2D eigenvalue weighted by Crippen LogP contribution is -2.52. The number of likely N-dealkylation sites (tertiary alicyclic amines) is 1. The zero-order valence-corrected chi connectivity index (χ0v) is 25.3. The Morgan fingerprint density at radius 2 is 1.93 bits per heavy atom. The van der Waals surface area contributed by atoms with E-state index < -0.39 is 11.6 Å². The topological polar surface area (TPSA) is 125 Å². The van der Waals surface area contributed by atoms with E-state index in [1.54, 1.807) is 0 Å². The van der Waals surface area contributed by atoms with Gasteiger partial charge in [-0.3, -0.25) is 9.88 Å². The number of ether oxygens (including phenoxy) is 2. The van der Waals surface area contributed by atoms with Gasteiger partial charge in [-0.1, -0.05) is 0 Å². The third-order valence-electron chi connectivity index (χ3n) is 9.84. The van der Waals surface area contributed by atoms with Crippen molar-refractivity contribution >= 4 is 43.1 Å². The minimum Gasteiger partial charge on any atom is -0.459 e. The van der Waals surface area contributed by atoms with Crippen LogP contribution in [0.5, 0.6) is 6.01 Å². The largest absolute Gasteiger partial charge is 0.459 e. The van der Waals surface area contributed by atoms with E-state index in [1.807, 2.05) is 6.92 Å². The molecule has 4 aliphatic heterocycles. The van der Waals surface area contributed by atoms with E-state index in [-0.39, 0.29) is 80.9 Å². The standard InChI is InChI=1S/C31H32F2N8O2S/c1-14(21-4-3-7-40(21)2)43-31-38-27-24(30(39-31)41-15-5-6-16(41)10-36-9-15)19-13-42-12-18(19)22(25(27)33)26-23-17(8-34)29(35)44-28(23)20(32)11-37-26/h11,14-16,21,36H,3-7,9-10,12-13,35H2,1-2H3/t14-,15?,16?,21-/m0/s1. The number of halogens is 2. The van der Waals surface area contributed by atoms with Crippen LogP contribution in [-0.2, 0) is 18.0 Å². The fraction of sp³-hybridized carbons (Fsp3) is 0.484. The molecule has 4 aromatic rings. The number of likely N-dealkylation sites (N-methyl/N-ethyl adjacent to an activating group) is 1. The molecule has 4 aliphatic rings. The van der Waals surface area contributed by atoms with Crippen LogP contribution >= 0.6 is 11.3 Å². The van der Waals surface area contributed by atoms with Crippen molar-refractivity contribution < 1.29 is 18.3 Å². The third kappa shape index (κ3) is 4.08. The minimum absolute atomic E-state index is 0.0819. The lowest BCUT2D eigenvalue weighted by atomic mass is 9.93. The van der Waals surface area contributed by atoms with Crippen molar-refractivity contribution in [3.8, 4) is 23.3 Å². The number of nitrogens with zero attached hydrogens (tertiary/aromatic N) is 6. The van der Waals surface area contributed by atoms with Gasteiger partial charge >= 0.3 is 6.01 Å². The van der Waals surface area contributed by atoms with Crippen LogP contribution in [-0.4, -0.2) is 70.8 Å². The van der Waals surface area contributed by atoms with Gasteiger partial charge in [0.1, 0.15) is 28.5 Å². The van der Waals surface area contributed by atoms with Crippen LogP contribution < -0.4 is 20.7 Å². The van der Waals surface area contributed by atoms with Gasteiger partial charge in [-0.15, -0.1) is 11.3 Å². The van der Waals surface area contributed by atoms with Crippen molar-refractivity contribution in [2.75, 3.05) is 37.3 Å². The third-order valence-corrected chi connectivity index (χ3v) is 10.9. The molecule has 0 amide bonds. The van der Waals surface area contributed by atoms with E-state index in [9.17, 15) is 9.65 Å². The van der Waals surface area contributed by atoms with Crippen molar-refractivity contribution in [2.24, 2.45) is 0 Å². The summed E-state index contributed by atoms with van der Waals surface area (Å²) in [6.07, 6.45) is 4.95. The minimum atomic E-state index is -0.625. The number of thiophene rings is 1. The zero-order valence-electron chi connectivity index (χ0n) is 24.5. The van der Waals surface area contributed by atoms with E-state index in [0.29, 0.717) is 16.8 Å². The molecule has 4 atom stereocenters. The molecule has 0 saturated carbocycles. The second-order valence-electron chi connectivity index (χ2n) is 12.3. The highest BCUT2D eigenvalue weighted by Crippen LogP contribution is 2.47. The molecule has 228 valence electrons. The van der Waals surface area contributed by atoms with Gasteiger partial charge in [0.15, 0.2) is 11.6 Å². The Hall–Kier alpha value is -3.70. The van der Waals surface area contributed by atoms with Crippen molar-refractivity contribution in [3.05, 3.63) is 34.5 Å². The SMILES string of the molecule is C[C@H](Oc1nc(N2C3CCC2CNC3)c2c3c(c(-c4ncc(F)c5sc(N)c(C#N)c45)c(F)c2n1)COC3)[C@@H]1CCCN1C. The van der Waals surface area contributed by atoms with Gasteiger partial charge in [-0.2, -0.15) is 15.2 Å². The van der Waals surface area contributed by atoms with Gasteiger partial charge in [0.2, 0.25) is 0 Å². The second-order valence-corrected chi connectivity index (χ2v) is 13.3. The van der Waals surface area contributed by atoms with Gasteiger partial charge in [0, 0.05) is 42.2 Å². The number of rotatable bonds is 5. The number of anilines is 2. The van der Waals surface area contributed by atoms with E-state index in [4.69, 9.17) is 25.2 Å². The maximum atomic E-state index is 17.2. The molecule has 3 aromatic heterocycles. The number of nitriles is 1. The summed E-state index contributed by atoms with van der Waals surface area (Å²) in [4.78, 5) is 18.7. The molecule has 7 heterocycles. The van der Waals surface area contributed by atoms with E-state index in [2.05, 4.69) is 33.2 Å². The van der Waals surface area contributed by atoms with Crippen molar-refractivity contribution in [2.45, 2.75) is 70.1 Å². The van der Waals surface area contributed by atoms with Gasteiger partial charge in [0.05, 0.1) is 40.8 Å². The number of aromatic nitrogens is 3. The summed E-state index contributed by atoms with van der Waals surface area (Å²) >= 11 is 0.956. The van der Waals surface area contributed by atoms with E-state index in [1.165, 1.54) is 0 Å². The number of pyridine rings is 1. The first-order chi connectivity index (χ1) is 21.4. The lowest BCUT2D eigenvalue weighted by molar-refractivity contribution is 0.112. The van der Waals surface area contributed by atoms with Gasteiger partial charge in [-0.05, 0) is 57.3 Å². The quantitative estimate of drug-likeness (QED) is 0.331. The van der Waals surface area contributed by atoms with Crippen molar-refractivity contribution in [1.29, 1.82) is 5.26 Å². The number of nitrogens with two attached hydrogens (primary N) is 1. The Morgan fingerprint density at radius 3 is 2.66 bits per heavy atom. The molecule has 3 fully saturated rings. The van der Waals surface area contributed by atoms with Gasteiger partial charge < -0.3 is 25.4 Å². The summed E-state index contributed by atoms with van der Waals surface area (Å²) in [6, 6.07) is 2.82. The average Bonchev–Trinajstić information content (AvgIpc) is 3.79. The summed E-state index contributed by atoms with van der Waals surface area (Å²) in [6.45, 7) is 5.01. The number of hydrogen-bond acceptors (Lipinski definition) is 11. The molecule has 3 N–H and O–H groups in total.